The Labute approximate surface area is 152 Å². The van der Waals surface area contributed by atoms with E-state index >= 15 is 0 Å². The molecule has 3 aromatic rings. The average Bonchev–Trinajstić information content (AvgIpc) is 3.08. The summed E-state index contributed by atoms with van der Waals surface area (Å²) in [5.41, 5.74) is 3.25. The monoisotopic (exact) mass is 350 g/mol. The van der Waals surface area contributed by atoms with Crippen LogP contribution < -0.4 is 4.90 Å². The molecule has 134 valence electrons. The lowest BCUT2D eigenvalue weighted by Gasteiger charge is -2.34. The Morgan fingerprint density at radius 3 is 2.42 bits per heavy atom. The molecule has 3 heterocycles. The van der Waals surface area contributed by atoms with E-state index < -0.39 is 0 Å². The summed E-state index contributed by atoms with van der Waals surface area (Å²) in [5.74, 6) is 2.29. The first kappa shape index (κ1) is 16.7. The van der Waals surface area contributed by atoms with Crippen molar-refractivity contribution in [3.8, 4) is 11.3 Å². The van der Waals surface area contributed by atoms with Gasteiger partial charge in [0.2, 0.25) is 5.89 Å². The molecule has 0 amide bonds. The van der Waals surface area contributed by atoms with Crippen LogP contribution in [-0.2, 0) is 6.54 Å². The van der Waals surface area contributed by atoms with E-state index in [1.807, 2.05) is 19.1 Å². The fourth-order valence-corrected chi connectivity index (χ4v) is 3.23. The minimum absolute atomic E-state index is 0.679. The van der Waals surface area contributed by atoms with Gasteiger partial charge in [0, 0.05) is 31.7 Å². The van der Waals surface area contributed by atoms with Gasteiger partial charge in [-0.2, -0.15) is 4.98 Å². The molecular weight excluding hydrogens is 328 g/mol. The molecule has 2 aromatic heterocycles. The molecular formula is C19H22N6O. The van der Waals surface area contributed by atoms with Crippen molar-refractivity contribution in [3.63, 3.8) is 0 Å². The van der Waals surface area contributed by atoms with Crippen molar-refractivity contribution in [2.75, 3.05) is 31.1 Å². The summed E-state index contributed by atoms with van der Waals surface area (Å²) in [6.45, 7) is 8.31. The number of aromatic nitrogens is 4. The maximum absolute atomic E-state index is 5.20. The standard InChI is InChI=1S/C19H22N6O/c1-14-5-3-4-6-16(14)17-7-8-18(22-21-17)25-11-9-24(10-12-25)13-19-20-15(2)23-26-19/h3-8H,9-13H2,1-2H3. The molecule has 0 atom stereocenters. The molecule has 0 bridgehead atoms. The lowest BCUT2D eigenvalue weighted by atomic mass is 10.1. The Morgan fingerprint density at radius 2 is 1.77 bits per heavy atom. The number of aryl methyl sites for hydroxylation is 2. The van der Waals surface area contributed by atoms with Crippen LogP contribution >= 0.6 is 0 Å². The van der Waals surface area contributed by atoms with Crippen molar-refractivity contribution in [2.45, 2.75) is 20.4 Å². The van der Waals surface area contributed by atoms with E-state index in [9.17, 15) is 0 Å². The Hall–Kier alpha value is -2.80. The van der Waals surface area contributed by atoms with E-state index in [4.69, 9.17) is 4.52 Å². The molecule has 1 aliphatic heterocycles. The molecule has 1 aliphatic rings. The van der Waals surface area contributed by atoms with Crippen molar-refractivity contribution < 1.29 is 4.52 Å². The van der Waals surface area contributed by atoms with Gasteiger partial charge in [-0.15, -0.1) is 10.2 Å². The fourth-order valence-electron chi connectivity index (χ4n) is 3.23. The van der Waals surface area contributed by atoms with Crippen LogP contribution in [0.5, 0.6) is 0 Å². The van der Waals surface area contributed by atoms with Crippen molar-refractivity contribution in [1.82, 2.24) is 25.2 Å². The SMILES string of the molecule is Cc1noc(CN2CCN(c3ccc(-c4ccccc4C)nn3)CC2)n1. The highest BCUT2D eigenvalue weighted by molar-refractivity contribution is 5.63. The van der Waals surface area contributed by atoms with Gasteiger partial charge in [0.1, 0.15) is 0 Å². The smallest absolute Gasteiger partial charge is 0.240 e. The van der Waals surface area contributed by atoms with Crippen LogP contribution in [0.3, 0.4) is 0 Å². The van der Waals surface area contributed by atoms with Crippen molar-refractivity contribution >= 4 is 5.82 Å². The van der Waals surface area contributed by atoms with Crippen molar-refractivity contribution in [2.24, 2.45) is 0 Å². The molecule has 0 spiro atoms. The molecule has 1 saturated heterocycles. The predicted octanol–water partition coefficient (Wildman–Crippen LogP) is 2.47. The molecule has 7 heteroatoms. The predicted molar refractivity (Wildman–Crippen MR) is 98.7 cm³/mol. The summed E-state index contributed by atoms with van der Waals surface area (Å²) >= 11 is 0. The van der Waals surface area contributed by atoms with Crippen molar-refractivity contribution in [3.05, 3.63) is 53.7 Å². The topological polar surface area (TPSA) is 71.2 Å². The highest BCUT2D eigenvalue weighted by Crippen LogP contribution is 2.22. The van der Waals surface area contributed by atoms with Gasteiger partial charge in [0.25, 0.3) is 0 Å². The molecule has 0 N–H and O–H groups in total. The second-order valence-electron chi connectivity index (χ2n) is 6.59. The Balaban J connectivity index is 1.38. The van der Waals surface area contributed by atoms with Crippen LogP contribution in [0.2, 0.25) is 0 Å². The van der Waals surface area contributed by atoms with E-state index in [0.717, 1.165) is 43.3 Å². The summed E-state index contributed by atoms with van der Waals surface area (Å²) in [7, 11) is 0. The molecule has 4 rings (SSSR count). The first-order valence-corrected chi connectivity index (χ1v) is 8.85. The maximum Gasteiger partial charge on any atom is 0.240 e. The first-order chi connectivity index (χ1) is 12.7. The molecule has 0 aliphatic carbocycles. The quantitative estimate of drug-likeness (QED) is 0.716. The largest absolute Gasteiger partial charge is 0.353 e. The van der Waals surface area contributed by atoms with E-state index in [1.165, 1.54) is 5.56 Å². The van der Waals surface area contributed by atoms with E-state index in [-0.39, 0.29) is 0 Å². The molecule has 0 radical (unpaired) electrons. The van der Waals surface area contributed by atoms with E-state index in [0.29, 0.717) is 18.3 Å². The zero-order chi connectivity index (χ0) is 17.9. The second-order valence-corrected chi connectivity index (χ2v) is 6.59. The van der Waals surface area contributed by atoms with Crippen LogP contribution in [-0.4, -0.2) is 51.4 Å². The lowest BCUT2D eigenvalue weighted by Crippen LogP contribution is -2.46. The summed E-state index contributed by atoms with van der Waals surface area (Å²) in [4.78, 5) is 8.86. The van der Waals surface area contributed by atoms with E-state index in [1.54, 1.807) is 0 Å². The van der Waals surface area contributed by atoms with Gasteiger partial charge in [-0.05, 0) is 31.5 Å². The van der Waals surface area contributed by atoms with Gasteiger partial charge in [0.15, 0.2) is 11.6 Å². The third-order valence-corrected chi connectivity index (χ3v) is 4.70. The first-order valence-electron chi connectivity index (χ1n) is 8.85. The van der Waals surface area contributed by atoms with Crippen LogP contribution in [0.15, 0.2) is 40.9 Å². The highest BCUT2D eigenvalue weighted by Gasteiger charge is 2.20. The van der Waals surface area contributed by atoms with Gasteiger partial charge in [-0.25, -0.2) is 0 Å². The zero-order valence-corrected chi connectivity index (χ0v) is 15.1. The van der Waals surface area contributed by atoms with Crippen LogP contribution in [0, 0.1) is 13.8 Å². The summed E-state index contributed by atoms with van der Waals surface area (Å²) in [5, 5.41) is 12.7. The summed E-state index contributed by atoms with van der Waals surface area (Å²) in [6.07, 6.45) is 0. The number of piperazine rings is 1. The van der Waals surface area contributed by atoms with Gasteiger partial charge in [-0.1, -0.05) is 29.4 Å². The molecule has 0 unspecified atom stereocenters. The number of nitrogens with zero attached hydrogens (tertiary/aromatic N) is 6. The summed E-state index contributed by atoms with van der Waals surface area (Å²) < 4.78 is 5.20. The third-order valence-electron chi connectivity index (χ3n) is 4.70. The van der Waals surface area contributed by atoms with Gasteiger partial charge >= 0.3 is 0 Å². The number of benzene rings is 1. The average molecular weight is 350 g/mol. The molecule has 26 heavy (non-hydrogen) atoms. The number of rotatable bonds is 4. The van der Waals surface area contributed by atoms with Gasteiger partial charge in [-0.3, -0.25) is 4.90 Å². The van der Waals surface area contributed by atoms with Crippen LogP contribution in [0.25, 0.3) is 11.3 Å². The normalized spacial score (nSPS) is 15.4. The van der Waals surface area contributed by atoms with Gasteiger partial charge in [0.05, 0.1) is 12.2 Å². The summed E-state index contributed by atoms with van der Waals surface area (Å²) in [6, 6.07) is 12.4. The minimum Gasteiger partial charge on any atom is -0.353 e. The Morgan fingerprint density at radius 1 is 0.962 bits per heavy atom. The number of hydrogen-bond acceptors (Lipinski definition) is 7. The number of anilines is 1. The molecule has 1 fully saturated rings. The lowest BCUT2D eigenvalue weighted by molar-refractivity contribution is 0.215. The third kappa shape index (κ3) is 3.57. The Bertz CT molecular complexity index is 868. The molecule has 7 nitrogen and oxygen atoms in total. The van der Waals surface area contributed by atoms with Crippen molar-refractivity contribution in [1.29, 1.82) is 0 Å². The molecule has 0 saturated carbocycles. The maximum atomic E-state index is 5.20. The molecule has 1 aromatic carbocycles. The van der Waals surface area contributed by atoms with E-state index in [2.05, 4.69) is 61.3 Å². The Kier molecular flexibility index (Phi) is 4.62. The van der Waals surface area contributed by atoms with Crippen LogP contribution in [0.1, 0.15) is 17.3 Å². The second kappa shape index (κ2) is 7.21. The van der Waals surface area contributed by atoms with Gasteiger partial charge < -0.3 is 9.42 Å². The fraction of sp³-hybridized carbons (Fsp3) is 0.368. The number of hydrogen-bond donors (Lipinski definition) is 0. The highest BCUT2D eigenvalue weighted by atomic mass is 16.5. The zero-order valence-electron chi connectivity index (χ0n) is 15.1. The minimum atomic E-state index is 0.679. The van der Waals surface area contributed by atoms with Crippen LogP contribution in [0.4, 0.5) is 5.82 Å².